The van der Waals surface area contributed by atoms with Crippen molar-refractivity contribution in [2.45, 2.75) is 19.4 Å². The van der Waals surface area contributed by atoms with Crippen molar-refractivity contribution in [1.29, 1.82) is 0 Å². The van der Waals surface area contributed by atoms with Crippen molar-refractivity contribution in [1.82, 2.24) is 4.98 Å². The Morgan fingerprint density at radius 2 is 1.75 bits per heavy atom. The van der Waals surface area contributed by atoms with Gasteiger partial charge in [-0.25, -0.2) is 0 Å². The van der Waals surface area contributed by atoms with Crippen LogP contribution in [-0.2, 0) is 0 Å². The number of pyridine rings is 1. The number of nitrogens with zero attached hydrogens (tertiary/aromatic N) is 1. The Balaban J connectivity index is 3.07. The summed E-state index contributed by atoms with van der Waals surface area (Å²) in [6, 6.07) is -0.400. The van der Waals surface area contributed by atoms with E-state index in [0.717, 1.165) is 0 Å². The first kappa shape index (κ1) is 12.5. The monoisotopic (exact) mass is 234 g/mol. The van der Waals surface area contributed by atoms with Crippen molar-refractivity contribution in [3.05, 3.63) is 36.2 Å². The van der Waals surface area contributed by atoms with Crippen LogP contribution in [0.3, 0.4) is 0 Å². The van der Waals surface area contributed by atoms with Gasteiger partial charge in [-0.15, -0.1) is 6.58 Å². The van der Waals surface area contributed by atoms with Crippen LogP contribution in [0, 0.1) is 23.5 Å². The van der Waals surface area contributed by atoms with E-state index in [1.54, 1.807) is 6.92 Å². The molecule has 2 nitrogen and oxygen atoms in total. The van der Waals surface area contributed by atoms with Gasteiger partial charge in [0, 0.05) is 6.04 Å². The van der Waals surface area contributed by atoms with E-state index in [1.807, 2.05) is 0 Å². The molecule has 6 heteroatoms. The van der Waals surface area contributed by atoms with Crippen molar-refractivity contribution >= 4 is 5.69 Å². The molecule has 0 saturated heterocycles. The zero-order valence-corrected chi connectivity index (χ0v) is 8.53. The molecular weight excluding hydrogens is 224 g/mol. The first-order valence-electron chi connectivity index (χ1n) is 4.54. The van der Waals surface area contributed by atoms with Crippen LogP contribution in [0.2, 0.25) is 0 Å². The number of nitrogens with one attached hydrogen (secondary N) is 1. The quantitative estimate of drug-likeness (QED) is 0.492. The molecule has 0 bridgehead atoms. The topological polar surface area (TPSA) is 24.9 Å². The highest BCUT2D eigenvalue weighted by Gasteiger charge is 2.21. The van der Waals surface area contributed by atoms with Gasteiger partial charge in [0.25, 0.3) is 11.9 Å². The smallest absolute Gasteiger partial charge is 0.253 e. The van der Waals surface area contributed by atoms with Crippen molar-refractivity contribution in [3.63, 3.8) is 0 Å². The first-order chi connectivity index (χ1) is 7.47. The highest BCUT2D eigenvalue weighted by atomic mass is 19.2. The molecular formula is C10H10F4N2. The van der Waals surface area contributed by atoms with Crippen LogP contribution in [0.15, 0.2) is 12.7 Å². The minimum absolute atomic E-state index is 0.393. The molecule has 0 radical (unpaired) electrons. The van der Waals surface area contributed by atoms with Gasteiger partial charge in [0.15, 0.2) is 0 Å². The van der Waals surface area contributed by atoms with Gasteiger partial charge in [-0.05, 0) is 13.3 Å². The summed E-state index contributed by atoms with van der Waals surface area (Å²) in [7, 11) is 0. The predicted octanol–water partition coefficient (Wildman–Crippen LogP) is 3.01. The SMILES string of the molecule is C=CCC(C)Nc1c(F)c(F)nc(F)c1F. The third kappa shape index (κ3) is 2.50. The fraction of sp³-hybridized carbons (Fsp3) is 0.300. The van der Waals surface area contributed by atoms with E-state index in [-0.39, 0.29) is 0 Å². The van der Waals surface area contributed by atoms with Crippen LogP contribution in [0.4, 0.5) is 23.2 Å². The summed E-state index contributed by atoms with van der Waals surface area (Å²) in [5.74, 6) is -6.41. The number of aromatic nitrogens is 1. The summed E-state index contributed by atoms with van der Waals surface area (Å²) in [6.45, 7) is 5.03. The number of rotatable bonds is 4. The minimum Gasteiger partial charge on any atom is -0.377 e. The Kier molecular flexibility index (Phi) is 3.87. The highest BCUT2D eigenvalue weighted by molar-refractivity contribution is 5.46. The molecule has 1 heterocycles. The molecule has 88 valence electrons. The predicted molar refractivity (Wildman–Crippen MR) is 52.0 cm³/mol. The largest absolute Gasteiger partial charge is 0.377 e. The maximum absolute atomic E-state index is 13.1. The zero-order valence-electron chi connectivity index (χ0n) is 8.53. The molecule has 16 heavy (non-hydrogen) atoms. The van der Waals surface area contributed by atoms with Gasteiger partial charge >= 0.3 is 0 Å². The molecule has 1 unspecified atom stereocenters. The normalized spacial score (nSPS) is 12.3. The second-order valence-corrected chi connectivity index (χ2v) is 3.27. The van der Waals surface area contributed by atoms with Crippen LogP contribution in [0.1, 0.15) is 13.3 Å². The fourth-order valence-electron chi connectivity index (χ4n) is 1.17. The molecule has 1 atom stereocenters. The average Bonchev–Trinajstić information content (AvgIpc) is 2.22. The number of anilines is 1. The van der Waals surface area contributed by atoms with E-state index in [2.05, 4.69) is 16.9 Å². The Morgan fingerprint density at radius 1 is 1.25 bits per heavy atom. The standard InChI is InChI=1S/C10H10F4N2/c1-3-4-5(2)15-8-6(11)9(13)16-10(14)7(8)12/h3,5H,1,4H2,2H3,(H,15,16). The summed E-state index contributed by atoms with van der Waals surface area (Å²) in [5, 5.41) is 2.32. The van der Waals surface area contributed by atoms with Crippen LogP contribution in [-0.4, -0.2) is 11.0 Å². The lowest BCUT2D eigenvalue weighted by molar-refractivity contribution is 0.409. The zero-order chi connectivity index (χ0) is 12.3. The third-order valence-corrected chi connectivity index (χ3v) is 1.91. The van der Waals surface area contributed by atoms with E-state index < -0.39 is 35.3 Å². The van der Waals surface area contributed by atoms with E-state index >= 15 is 0 Å². The van der Waals surface area contributed by atoms with Crippen molar-refractivity contribution in [3.8, 4) is 0 Å². The second kappa shape index (κ2) is 4.96. The lowest BCUT2D eigenvalue weighted by atomic mass is 10.2. The Morgan fingerprint density at radius 3 is 2.19 bits per heavy atom. The van der Waals surface area contributed by atoms with E-state index in [1.165, 1.54) is 6.08 Å². The van der Waals surface area contributed by atoms with Gasteiger partial charge in [-0.3, -0.25) is 0 Å². The van der Waals surface area contributed by atoms with Gasteiger partial charge in [-0.2, -0.15) is 22.5 Å². The molecule has 0 aromatic carbocycles. The average molecular weight is 234 g/mol. The molecule has 1 rings (SSSR count). The molecule has 1 N–H and O–H groups in total. The van der Waals surface area contributed by atoms with Crippen molar-refractivity contribution in [2.75, 3.05) is 5.32 Å². The van der Waals surface area contributed by atoms with Gasteiger partial charge in [0.05, 0.1) is 0 Å². The first-order valence-corrected chi connectivity index (χ1v) is 4.54. The maximum atomic E-state index is 13.1. The molecule has 0 aliphatic heterocycles. The lowest BCUT2D eigenvalue weighted by Crippen LogP contribution is -2.18. The van der Waals surface area contributed by atoms with Gasteiger partial charge in [0.2, 0.25) is 11.6 Å². The number of halogens is 4. The molecule has 1 aromatic heterocycles. The van der Waals surface area contributed by atoms with Gasteiger partial charge in [-0.1, -0.05) is 6.08 Å². The number of hydrogen-bond acceptors (Lipinski definition) is 2. The Hall–Kier alpha value is -1.59. The van der Waals surface area contributed by atoms with Crippen molar-refractivity contribution < 1.29 is 17.6 Å². The van der Waals surface area contributed by atoms with Crippen LogP contribution in [0.25, 0.3) is 0 Å². The summed E-state index contributed by atoms with van der Waals surface area (Å²) in [5.41, 5.74) is -0.848. The summed E-state index contributed by atoms with van der Waals surface area (Å²) in [4.78, 5) is 2.44. The van der Waals surface area contributed by atoms with Gasteiger partial charge < -0.3 is 5.32 Å². The highest BCUT2D eigenvalue weighted by Crippen LogP contribution is 2.23. The van der Waals surface area contributed by atoms with E-state index in [0.29, 0.717) is 6.42 Å². The number of hydrogen-bond donors (Lipinski definition) is 1. The van der Waals surface area contributed by atoms with E-state index in [9.17, 15) is 17.6 Å². The van der Waals surface area contributed by atoms with Crippen LogP contribution < -0.4 is 5.32 Å². The molecule has 0 aliphatic rings. The molecule has 0 spiro atoms. The summed E-state index contributed by atoms with van der Waals surface area (Å²) < 4.78 is 51.6. The Bertz CT molecular complexity index is 380. The lowest BCUT2D eigenvalue weighted by Gasteiger charge is -2.14. The molecule has 0 saturated carbocycles. The Labute approximate surface area is 90.0 Å². The summed E-state index contributed by atoms with van der Waals surface area (Å²) in [6.07, 6.45) is 1.91. The molecule has 0 amide bonds. The fourth-order valence-corrected chi connectivity index (χ4v) is 1.17. The molecule has 0 fully saturated rings. The minimum atomic E-state index is -1.67. The van der Waals surface area contributed by atoms with E-state index in [4.69, 9.17) is 0 Å². The summed E-state index contributed by atoms with van der Waals surface area (Å²) >= 11 is 0. The maximum Gasteiger partial charge on any atom is 0.253 e. The second-order valence-electron chi connectivity index (χ2n) is 3.27. The van der Waals surface area contributed by atoms with Crippen molar-refractivity contribution in [2.24, 2.45) is 0 Å². The molecule has 0 aliphatic carbocycles. The van der Waals surface area contributed by atoms with Gasteiger partial charge in [0.1, 0.15) is 5.69 Å². The third-order valence-electron chi connectivity index (χ3n) is 1.91. The van der Waals surface area contributed by atoms with Crippen LogP contribution in [0.5, 0.6) is 0 Å². The molecule has 1 aromatic rings. The van der Waals surface area contributed by atoms with Crippen LogP contribution >= 0.6 is 0 Å².